The number of hydrogen-bond acceptors (Lipinski definition) is 2. The molecule has 0 aliphatic carbocycles. The zero-order valence-corrected chi connectivity index (χ0v) is 13.5. The number of piperidine rings is 1. The Kier molecular flexibility index (Phi) is 6.31. The van der Waals surface area contributed by atoms with Crippen LogP contribution in [0.25, 0.3) is 0 Å². The molecule has 0 radical (unpaired) electrons. The van der Waals surface area contributed by atoms with Gasteiger partial charge in [-0.1, -0.05) is 41.0 Å². The van der Waals surface area contributed by atoms with Gasteiger partial charge in [0.25, 0.3) is 0 Å². The monoisotopic (exact) mass is 268 g/mol. The van der Waals surface area contributed by atoms with Gasteiger partial charge >= 0.3 is 0 Å². The molecule has 0 saturated carbocycles. The van der Waals surface area contributed by atoms with Crippen LogP contribution in [0.1, 0.15) is 60.3 Å². The number of hydrogen-bond donors (Lipinski definition) is 1. The fraction of sp³-hybridized carbons (Fsp3) is 0.938. The summed E-state index contributed by atoms with van der Waals surface area (Å²) in [6, 6.07) is 0.483. The van der Waals surface area contributed by atoms with Crippen molar-refractivity contribution in [2.24, 2.45) is 11.3 Å². The van der Waals surface area contributed by atoms with Gasteiger partial charge in [0.2, 0.25) is 5.91 Å². The van der Waals surface area contributed by atoms with Crippen LogP contribution in [-0.4, -0.2) is 36.5 Å². The van der Waals surface area contributed by atoms with Crippen LogP contribution in [0.2, 0.25) is 0 Å². The number of carbonyl (C=O) groups is 1. The molecular formula is C16H32N2O. The molecule has 0 aromatic rings. The average Bonchev–Trinajstić information content (AvgIpc) is 2.34. The van der Waals surface area contributed by atoms with Crippen molar-refractivity contribution in [3.63, 3.8) is 0 Å². The Labute approximate surface area is 119 Å². The maximum absolute atomic E-state index is 12.5. The fourth-order valence-corrected chi connectivity index (χ4v) is 2.96. The van der Waals surface area contributed by atoms with E-state index in [4.69, 9.17) is 0 Å². The Hall–Kier alpha value is -0.570. The first kappa shape index (κ1) is 16.5. The van der Waals surface area contributed by atoms with E-state index in [9.17, 15) is 4.79 Å². The molecule has 0 spiro atoms. The van der Waals surface area contributed by atoms with Crippen LogP contribution in [0.4, 0.5) is 0 Å². The van der Waals surface area contributed by atoms with Gasteiger partial charge in [0.15, 0.2) is 0 Å². The summed E-state index contributed by atoms with van der Waals surface area (Å²) in [5.74, 6) is 0.969. The number of rotatable bonds is 5. The van der Waals surface area contributed by atoms with E-state index >= 15 is 0 Å². The lowest BCUT2D eigenvalue weighted by molar-refractivity contribution is -0.142. The molecule has 1 N–H and O–H groups in total. The highest BCUT2D eigenvalue weighted by molar-refractivity contribution is 5.81. The molecule has 0 aromatic carbocycles. The Morgan fingerprint density at radius 1 is 1.21 bits per heavy atom. The minimum Gasteiger partial charge on any atom is -0.340 e. The highest BCUT2D eigenvalue weighted by Crippen LogP contribution is 2.26. The smallest absolute Gasteiger partial charge is 0.228 e. The summed E-state index contributed by atoms with van der Waals surface area (Å²) < 4.78 is 0. The molecule has 2 atom stereocenters. The average molecular weight is 268 g/mol. The molecule has 1 rings (SSSR count). The van der Waals surface area contributed by atoms with Crippen LogP contribution in [-0.2, 0) is 4.79 Å². The Morgan fingerprint density at radius 3 is 2.42 bits per heavy atom. The molecule has 0 bridgehead atoms. The van der Waals surface area contributed by atoms with E-state index in [-0.39, 0.29) is 5.41 Å². The van der Waals surface area contributed by atoms with E-state index < -0.39 is 0 Å². The lowest BCUT2D eigenvalue weighted by Gasteiger charge is -2.40. The molecule has 1 aliphatic heterocycles. The van der Waals surface area contributed by atoms with Gasteiger partial charge < -0.3 is 10.2 Å². The Balaban J connectivity index is 2.66. The molecular weight excluding hydrogens is 236 g/mol. The first-order valence-corrected chi connectivity index (χ1v) is 7.91. The first-order valence-electron chi connectivity index (χ1n) is 7.91. The van der Waals surface area contributed by atoms with Crippen molar-refractivity contribution in [1.82, 2.24) is 10.2 Å². The summed E-state index contributed by atoms with van der Waals surface area (Å²) in [5, 5.41) is 3.60. The molecule has 3 heteroatoms. The quantitative estimate of drug-likeness (QED) is 0.831. The third-order valence-corrected chi connectivity index (χ3v) is 3.85. The number of nitrogens with zero attached hydrogens (tertiary/aromatic N) is 1. The highest BCUT2D eigenvalue weighted by Gasteiger charge is 2.34. The molecule has 1 heterocycles. The van der Waals surface area contributed by atoms with E-state index in [0.717, 1.165) is 26.1 Å². The van der Waals surface area contributed by atoms with Gasteiger partial charge in [-0.2, -0.15) is 0 Å². The van der Waals surface area contributed by atoms with E-state index in [0.29, 0.717) is 17.9 Å². The van der Waals surface area contributed by atoms with Gasteiger partial charge in [0, 0.05) is 24.5 Å². The maximum atomic E-state index is 12.5. The SMILES string of the molecule is CCCNC1CC(CCC)CN(C(=O)C(C)(C)C)C1. The summed E-state index contributed by atoms with van der Waals surface area (Å²) in [6.07, 6.45) is 4.82. The summed E-state index contributed by atoms with van der Waals surface area (Å²) in [7, 11) is 0. The molecule has 1 amide bonds. The molecule has 2 unspecified atom stereocenters. The summed E-state index contributed by atoms with van der Waals surface area (Å²) in [6.45, 7) is 13.4. The standard InChI is InChI=1S/C16H32N2O/c1-6-8-13-10-14(17-9-7-2)12-18(11-13)15(19)16(3,4)5/h13-14,17H,6-12H2,1-5H3. The second kappa shape index (κ2) is 7.28. The van der Waals surface area contributed by atoms with Crippen LogP contribution < -0.4 is 5.32 Å². The predicted octanol–water partition coefficient (Wildman–Crippen LogP) is 3.05. The summed E-state index contributed by atoms with van der Waals surface area (Å²) in [5.41, 5.74) is -0.261. The minimum atomic E-state index is -0.261. The van der Waals surface area contributed by atoms with Crippen molar-refractivity contribution in [1.29, 1.82) is 0 Å². The van der Waals surface area contributed by atoms with Crippen molar-refractivity contribution < 1.29 is 4.79 Å². The summed E-state index contributed by atoms with van der Waals surface area (Å²) >= 11 is 0. The third kappa shape index (κ3) is 5.13. The van der Waals surface area contributed by atoms with Crippen LogP contribution >= 0.6 is 0 Å². The summed E-state index contributed by atoms with van der Waals surface area (Å²) in [4.78, 5) is 14.6. The van der Waals surface area contributed by atoms with Gasteiger partial charge in [0.05, 0.1) is 0 Å². The molecule has 112 valence electrons. The van der Waals surface area contributed by atoms with Crippen LogP contribution in [0.15, 0.2) is 0 Å². The molecule has 1 saturated heterocycles. The largest absolute Gasteiger partial charge is 0.340 e. The third-order valence-electron chi connectivity index (χ3n) is 3.85. The molecule has 19 heavy (non-hydrogen) atoms. The molecule has 1 fully saturated rings. The van der Waals surface area contributed by atoms with E-state index in [2.05, 4.69) is 24.1 Å². The van der Waals surface area contributed by atoms with Gasteiger partial charge in [-0.15, -0.1) is 0 Å². The number of likely N-dealkylation sites (tertiary alicyclic amines) is 1. The van der Waals surface area contributed by atoms with Crippen LogP contribution in [0.3, 0.4) is 0 Å². The van der Waals surface area contributed by atoms with Gasteiger partial charge in [-0.05, 0) is 31.7 Å². The van der Waals surface area contributed by atoms with Crippen molar-refractivity contribution in [2.45, 2.75) is 66.3 Å². The van der Waals surface area contributed by atoms with Crippen molar-refractivity contribution in [2.75, 3.05) is 19.6 Å². The molecule has 0 aromatic heterocycles. The van der Waals surface area contributed by atoms with E-state index in [1.54, 1.807) is 0 Å². The van der Waals surface area contributed by atoms with Crippen molar-refractivity contribution in [3.8, 4) is 0 Å². The van der Waals surface area contributed by atoms with Crippen molar-refractivity contribution in [3.05, 3.63) is 0 Å². The predicted molar refractivity (Wildman–Crippen MR) is 81.1 cm³/mol. The number of carbonyl (C=O) groups excluding carboxylic acids is 1. The van der Waals surface area contributed by atoms with Crippen molar-refractivity contribution >= 4 is 5.91 Å². The maximum Gasteiger partial charge on any atom is 0.228 e. The van der Waals surface area contributed by atoms with Gasteiger partial charge in [-0.3, -0.25) is 4.79 Å². The zero-order valence-electron chi connectivity index (χ0n) is 13.5. The highest BCUT2D eigenvalue weighted by atomic mass is 16.2. The number of amides is 1. The molecule has 3 nitrogen and oxygen atoms in total. The zero-order chi connectivity index (χ0) is 14.5. The lowest BCUT2D eigenvalue weighted by Crippen LogP contribution is -2.53. The topological polar surface area (TPSA) is 32.3 Å². The normalized spacial score (nSPS) is 24.6. The Morgan fingerprint density at radius 2 is 1.89 bits per heavy atom. The van der Waals surface area contributed by atoms with E-state index in [1.165, 1.54) is 19.3 Å². The Bertz CT molecular complexity index is 283. The fourth-order valence-electron chi connectivity index (χ4n) is 2.96. The lowest BCUT2D eigenvalue weighted by atomic mass is 9.87. The number of nitrogens with one attached hydrogen (secondary N) is 1. The van der Waals surface area contributed by atoms with Gasteiger partial charge in [0.1, 0.15) is 0 Å². The first-order chi connectivity index (χ1) is 8.88. The van der Waals surface area contributed by atoms with E-state index in [1.807, 2.05) is 20.8 Å². The second-order valence-corrected chi connectivity index (χ2v) is 7.00. The van der Waals surface area contributed by atoms with Crippen LogP contribution in [0.5, 0.6) is 0 Å². The minimum absolute atomic E-state index is 0.261. The van der Waals surface area contributed by atoms with Gasteiger partial charge in [-0.25, -0.2) is 0 Å². The van der Waals surface area contributed by atoms with Crippen LogP contribution in [0, 0.1) is 11.3 Å². The molecule has 1 aliphatic rings. The second-order valence-electron chi connectivity index (χ2n) is 7.00.